The van der Waals surface area contributed by atoms with E-state index < -0.39 is 0 Å². The summed E-state index contributed by atoms with van der Waals surface area (Å²) in [7, 11) is 1.54. The molecule has 0 aliphatic heterocycles. The molecule has 0 fully saturated rings. The SMILES string of the molecule is COc1cc(-c2noc(-c3cc4occc4s3)n2)ncn1. The van der Waals surface area contributed by atoms with Crippen LogP contribution in [0.1, 0.15) is 0 Å². The van der Waals surface area contributed by atoms with Crippen molar-refractivity contribution in [2.24, 2.45) is 0 Å². The van der Waals surface area contributed by atoms with Gasteiger partial charge in [-0.3, -0.25) is 0 Å². The Balaban J connectivity index is 1.73. The van der Waals surface area contributed by atoms with Crippen LogP contribution >= 0.6 is 11.3 Å². The molecule has 0 aliphatic rings. The number of ether oxygens (including phenoxy) is 1. The molecule has 0 saturated carbocycles. The van der Waals surface area contributed by atoms with Crippen molar-refractivity contribution in [2.75, 3.05) is 7.11 Å². The molecule has 4 heterocycles. The minimum atomic E-state index is 0.385. The smallest absolute Gasteiger partial charge is 0.268 e. The normalized spacial score (nSPS) is 11.1. The number of fused-ring (bicyclic) bond motifs is 1. The highest BCUT2D eigenvalue weighted by atomic mass is 32.1. The highest BCUT2D eigenvalue weighted by Crippen LogP contribution is 2.33. The Kier molecular flexibility index (Phi) is 2.68. The van der Waals surface area contributed by atoms with Crippen LogP contribution in [0.4, 0.5) is 0 Å². The predicted molar refractivity (Wildman–Crippen MR) is 75.0 cm³/mol. The van der Waals surface area contributed by atoms with Crippen molar-refractivity contribution in [3.8, 4) is 28.2 Å². The van der Waals surface area contributed by atoms with Gasteiger partial charge in [-0.15, -0.1) is 11.3 Å². The number of methoxy groups -OCH3 is 1. The lowest BCUT2D eigenvalue weighted by molar-refractivity contribution is 0.397. The molecule has 21 heavy (non-hydrogen) atoms. The third-order valence-corrected chi connectivity index (χ3v) is 3.93. The number of nitrogens with zero attached hydrogens (tertiary/aromatic N) is 4. The lowest BCUT2D eigenvalue weighted by Gasteiger charge is -1.97. The molecule has 0 bridgehead atoms. The molecule has 0 amide bonds. The van der Waals surface area contributed by atoms with Crippen molar-refractivity contribution in [3.05, 3.63) is 30.8 Å². The summed E-state index contributed by atoms with van der Waals surface area (Å²) in [4.78, 5) is 13.2. The van der Waals surface area contributed by atoms with E-state index in [2.05, 4.69) is 20.1 Å². The van der Waals surface area contributed by atoms with E-state index in [1.807, 2.05) is 12.1 Å². The molecule has 0 unspecified atom stereocenters. The van der Waals surface area contributed by atoms with Crippen molar-refractivity contribution in [3.63, 3.8) is 0 Å². The van der Waals surface area contributed by atoms with Crippen molar-refractivity contribution in [2.45, 2.75) is 0 Å². The largest absolute Gasteiger partial charge is 0.481 e. The quantitative estimate of drug-likeness (QED) is 0.574. The minimum absolute atomic E-state index is 0.385. The van der Waals surface area contributed by atoms with E-state index in [9.17, 15) is 0 Å². The predicted octanol–water partition coefficient (Wildman–Crippen LogP) is 3.01. The Bertz CT molecular complexity index is 882. The summed E-state index contributed by atoms with van der Waals surface area (Å²) in [5.74, 6) is 1.26. The topological polar surface area (TPSA) is 87.1 Å². The van der Waals surface area contributed by atoms with Crippen LogP contribution in [-0.2, 0) is 0 Å². The average molecular weight is 300 g/mol. The number of thiophene rings is 1. The molecule has 4 aromatic heterocycles. The first-order valence-corrected chi connectivity index (χ1v) is 6.82. The Morgan fingerprint density at radius 1 is 1.24 bits per heavy atom. The Hall–Kier alpha value is -2.74. The zero-order chi connectivity index (χ0) is 14.2. The first kappa shape index (κ1) is 12.0. The van der Waals surface area contributed by atoms with Crippen LogP contribution in [0, 0.1) is 0 Å². The van der Waals surface area contributed by atoms with Crippen LogP contribution in [0.15, 0.2) is 39.7 Å². The van der Waals surface area contributed by atoms with Gasteiger partial charge in [0, 0.05) is 12.1 Å². The fourth-order valence-electron chi connectivity index (χ4n) is 1.87. The van der Waals surface area contributed by atoms with E-state index in [-0.39, 0.29) is 0 Å². The van der Waals surface area contributed by atoms with E-state index >= 15 is 0 Å². The van der Waals surface area contributed by atoms with Crippen LogP contribution in [0.3, 0.4) is 0 Å². The second kappa shape index (κ2) is 4.67. The Morgan fingerprint density at radius 3 is 3.05 bits per heavy atom. The standard InChI is InChI=1S/C13H8N4O3S/c1-18-11-4-7(14-6-15-11)12-16-13(20-17-12)10-5-8-9(21-10)2-3-19-8/h2-6H,1H3. The molecule has 4 rings (SSSR count). The average Bonchev–Trinajstić information content (AvgIpc) is 3.21. The first-order valence-electron chi connectivity index (χ1n) is 6.01. The maximum atomic E-state index is 5.33. The van der Waals surface area contributed by atoms with Crippen LogP contribution in [0.25, 0.3) is 32.6 Å². The lowest BCUT2D eigenvalue weighted by Crippen LogP contribution is -1.91. The number of rotatable bonds is 3. The minimum Gasteiger partial charge on any atom is -0.481 e. The van der Waals surface area contributed by atoms with Gasteiger partial charge < -0.3 is 13.7 Å². The molecule has 0 aromatic carbocycles. The zero-order valence-corrected chi connectivity index (χ0v) is 11.6. The fraction of sp³-hybridized carbons (Fsp3) is 0.0769. The second-order valence-electron chi connectivity index (χ2n) is 4.13. The number of hydrogen-bond acceptors (Lipinski definition) is 8. The van der Waals surface area contributed by atoms with Crippen molar-refractivity contribution in [1.82, 2.24) is 20.1 Å². The van der Waals surface area contributed by atoms with Crippen LogP contribution in [-0.4, -0.2) is 27.2 Å². The van der Waals surface area contributed by atoms with E-state index in [0.29, 0.717) is 23.3 Å². The third kappa shape index (κ3) is 2.05. The summed E-state index contributed by atoms with van der Waals surface area (Å²) >= 11 is 1.53. The Labute approximate surface area is 122 Å². The highest BCUT2D eigenvalue weighted by molar-refractivity contribution is 7.22. The van der Waals surface area contributed by atoms with E-state index in [4.69, 9.17) is 13.7 Å². The van der Waals surface area contributed by atoms with Gasteiger partial charge in [0.1, 0.15) is 17.6 Å². The molecule has 0 N–H and O–H groups in total. The van der Waals surface area contributed by atoms with Gasteiger partial charge in [-0.2, -0.15) is 4.98 Å². The van der Waals surface area contributed by atoms with Gasteiger partial charge in [0.2, 0.25) is 11.7 Å². The summed E-state index contributed by atoms with van der Waals surface area (Å²) in [6.45, 7) is 0. The molecule has 7 nitrogen and oxygen atoms in total. The molecule has 8 heteroatoms. The highest BCUT2D eigenvalue weighted by Gasteiger charge is 2.15. The van der Waals surface area contributed by atoms with Gasteiger partial charge in [0.15, 0.2) is 0 Å². The maximum Gasteiger partial charge on any atom is 0.268 e. The van der Waals surface area contributed by atoms with Crippen LogP contribution in [0.5, 0.6) is 5.88 Å². The molecular weight excluding hydrogens is 292 g/mol. The summed E-state index contributed by atoms with van der Waals surface area (Å²) in [5.41, 5.74) is 1.34. The summed E-state index contributed by atoms with van der Waals surface area (Å²) in [6, 6.07) is 5.42. The number of hydrogen-bond donors (Lipinski definition) is 0. The monoisotopic (exact) mass is 300 g/mol. The number of furan rings is 1. The van der Waals surface area contributed by atoms with Gasteiger partial charge in [-0.25, -0.2) is 9.97 Å². The van der Waals surface area contributed by atoms with Gasteiger partial charge in [0.05, 0.1) is 23.0 Å². The summed E-state index contributed by atoms with van der Waals surface area (Å²) in [6.07, 6.45) is 3.04. The molecular formula is C13H8N4O3S. The van der Waals surface area contributed by atoms with E-state index in [1.165, 1.54) is 24.8 Å². The zero-order valence-electron chi connectivity index (χ0n) is 10.8. The van der Waals surface area contributed by atoms with Gasteiger partial charge in [-0.05, 0) is 6.07 Å². The van der Waals surface area contributed by atoms with Crippen molar-refractivity contribution in [1.29, 1.82) is 0 Å². The van der Waals surface area contributed by atoms with Gasteiger partial charge in [0.25, 0.3) is 5.89 Å². The van der Waals surface area contributed by atoms with Crippen molar-refractivity contribution >= 4 is 21.6 Å². The van der Waals surface area contributed by atoms with E-state index in [0.717, 1.165) is 15.2 Å². The van der Waals surface area contributed by atoms with Crippen LogP contribution in [0.2, 0.25) is 0 Å². The summed E-state index contributed by atoms with van der Waals surface area (Å²) < 4.78 is 16.7. The molecule has 0 radical (unpaired) electrons. The van der Waals surface area contributed by atoms with Gasteiger partial charge >= 0.3 is 0 Å². The maximum absolute atomic E-state index is 5.33. The summed E-state index contributed by atoms with van der Waals surface area (Å²) in [5, 5.41) is 3.94. The van der Waals surface area contributed by atoms with E-state index in [1.54, 1.807) is 12.3 Å². The molecule has 0 aliphatic carbocycles. The Morgan fingerprint density at radius 2 is 2.19 bits per heavy atom. The van der Waals surface area contributed by atoms with Crippen LogP contribution < -0.4 is 4.74 Å². The number of aromatic nitrogens is 4. The molecule has 0 saturated heterocycles. The third-order valence-electron chi connectivity index (χ3n) is 2.86. The van der Waals surface area contributed by atoms with Crippen molar-refractivity contribution < 1.29 is 13.7 Å². The second-order valence-corrected chi connectivity index (χ2v) is 5.21. The first-order chi connectivity index (χ1) is 10.3. The molecule has 0 atom stereocenters. The van der Waals surface area contributed by atoms with Gasteiger partial charge in [-0.1, -0.05) is 5.16 Å². The molecule has 0 spiro atoms. The lowest BCUT2D eigenvalue weighted by atomic mass is 10.4. The fourth-order valence-corrected chi connectivity index (χ4v) is 2.78. The molecule has 104 valence electrons. The molecule has 4 aromatic rings.